The van der Waals surface area contributed by atoms with Crippen molar-refractivity contribution in [2.45, 2.75) is 0 Å². The average Bonchev–Trinajstić information content (AvgIpc) is 2.61. The number of nitrogens with zero attached hydrogens (tertiary/aromatic N) is 1. The maximum atomic E-state index is 12.9. The molecule has 0 aromatic heterocycles. The number of nitrogen functional groups attached to an aromatic ring is 1. The highest BCUT2D eigenvalue weighted by Crippen LogP contribution is 2.14. The lowest BCUT2D eigenvalue weighted by Crippen LogP contribution is -2.20. The standard InChI is InChI=1S/C9H10FN3/c10-6-1-2-8(11)7(5-6)9-12-3-4-13-9/h1-2,5H,3-4,11H2,(H,12,13). The monoisotopic (exact) mass is 179 g/mol. The van der Waals surface area contributed by atoms with Crippen LogP contribution in [0.4, 0.5) is 10.1 Å². The normalized spacial score (nSPS) is 15.3. The zero-order valence-electron chi connectivity index (χ0n) is 7.05. The summed E-state index contributed by atoms with van der Waals surface area (Å²) in [5.74, 6) is 0.401. The summed E-state index contributed by atoms with van der Waals surface area (Å²) in [6, 6.07) is 4.29. The fourth-order valence-electron chi connectivity index (χ4n) is 1.31. The Morgan fingerprint density at radius 3 is 3.00 bits per heavy atom. The van der Waals surface area contributed by atoms with Crippen molar-refractivity contribution in [3.05, 3.63) is 29.6 Å². The first-order valence-electron chi connectivity index (χ1n) is 4.11. The molecule has 3 N–H and O–H groups in total. The van der Waals surface area contributed by atoms with E-state index in [1.165, 1.54) is 12.1 Å². The Bertz CT molecular complexity index is 360. The molecule has 0 aliphatic carbocycles. The van der Waals surface area contributed by atoms with Gasteiger partial charge in [0.1, 0.15) is 11.7 Å². The van der Waals surface area contributed by atoms with E-state index in [1.54, 1.807) is 6.07 Å². The molecule has 1 aliphatic heterocycles. The number of amidine groups is 1. The van der Waals surface area contributed by atoms with Gasteiger partial charge in [0.15, 0.2) is 0 Å². The smallest absolute Gasteiger partial charge is 0.130 e. The van der Waals surface area contributed by atoms with Gasteiger partial charge in [-0.2, -0.15) is 0 Å². The summed E-state index contributed by atoms with van der Waals surface area (Å²) in [7, 11) is 0. The van der Waals surface area contributed by atoms with Crippen LogP contribution in [0.5, 0.6) is 0 Å². The van der Waals surface area contributed by atoms with Gasteiger partial charge in [0.05, 0.1) is 6.54 Å². The highest BCUT2D eigenvalue weighted by Gasteiger charge is 2.11. The number of aliphatic imine (C=N–C) groups is 1. The molecule has 0 atom stereocenters. The molecule has 2 rings (SSSR count). The van der Waals surface area contributed by atoms with Gasteiger partial charge in [-0.25, -0.2) is 4.39 Å². The maximum Gasteiger partial charge on any atom is 0.130 e. The van der Waals surface area contributed by atoms with Gasteiger partial charge < -0.3 is 11.1 Å². The lowest BCUT2D eigenvalue weighted by Gasteiger charge is -2.05. The van der Waals surface area contributed by atoms with Gasteiger partial charge in [0.2, 0.25) is 0 Å². The zero-order chi connectivity index (χ0) is 9.26. The lowest BCUT2D eigenvalue weighted by molar-refractivity contribution is 0.627. The highest BCUT2D eigenvalue weighted by molar-refractivity contribution is 6.03. The molecule has 0 bridgehead atoms. The van der Waals surface area contributed by atoms with Crippen LogP contribution in [0.1, 0.15) is 5.56 Å². The van der Waals surface area contributed by atoms with Crippen LogP contribution in [0, 0.1) is 5.82 Å². The molecule has 4 heteroatoms. The van der Waals surface area contributed by atoms with Crippen molar-refractivity contribution in [2.24, 2.45) is 4.99 Å². The van der Waals surface area contributed by atoms with Crippen molar-refractivity contribution < 1.29 is 4.39 Å². The highest BCUT2D eigenvalue weighted by atomic mass is 19.1. The number of nitrogens with two attached hydrogens (primary N) is 1. The second-order valence-electron chi connectivity index (χ2n) is 2.89. The minimum absolute atomic E-state index is 0.291. The van der Waals surface area contributed by atoms with Gasteiger partial charge in [-0.15, -0.1) is 0 Å². The molecule has 1 heterocycles. The minimum atomic E-state index is -0.291. The van der Waals surface area contributed by atoms with Crippen LogP contribution in [0.3, 0.4) is 0 Å². The van der Waals surface area contributed by atoms with Crippen LogP contribution >= 0.6 is 0 Å². The Hall–Kier alpha value is -1.58. The molecular weight excluding hydrogens is 169 g/mol. The molecule has 0 fully saturated rings. The fourth-order valence-corrected chi connectivity index (χ4v) is 1.31. The quantitative estimate of drug-likeness (QED) is 0.625. The van der Waals surface area contributed by atoms with E-state index in [4.69, 9.17) is 5.73 Å². The average molecular weight is 179 g/mol. The van der Waals surface area contributed by atoms with Gasteiger partial charge in [0.25, 0.3) is 0 Å². The SMILES string of the molecule is Nc1ccc(F)cc1C1=NCCN1. The summed E-state index contributed by atoms with van der Waals surface area (Å²) in [4.78, 5) is 4.17. The van der Waals surface area contributed by atoms with E-state index >= 15 is 0 Å². The van der Waals surface area contributed by atoms with Gasteiger partial charge >= 0.3 is 0 Å². The number of nitrogens with one attached hydrogen (secondary N) is 1. The van der Waals surface area contributed by atoms with Crippen molar-refractivity contribution in [2.75, 3.05) is 18.8 Å². The molecule has 1 aromatic carbocycles. The van der Waals surface area contributed by atoms with Crippen LogP contribution in [0.25, 0.3) is 0 Å². The Kier molecular flexibility index (Phi) is 1.88. The molecule has 0 unspecified atom stereocenters. The van der Waals surface area contributed by atoms with E-state index in [1.807, 2.05) is 0 Å². The summed E-state index contributed by atoms with van der Waals surface area (Å²) in [5, 5.41) is 3.04. The third-order valence-corrected chi connectivity index (χ3v) is 1.94. The summed E-state index contributed by atoms with van der Waals surface area (Å²) < 4.78 is 12.9. The van der Waals surface area contributed by atoms with Crippen LogP contribution in [-0.2, 0) is 0 Å². The fraction of sp³-hybridized carbons (Fsp3) is 0.222. The summed E-state index contributed by atoms with van der Waals surface area (Å²) in [6.07, 6.45) is 0. The topological polar surface area (TPSA) is 50.4 Å². The Labute approximate surface area is 75.5 Å². The molecule has 0 amide bonds. The molecular formula is C9H10FN3. The van der Waals surface area contributed by atoms with Crippen molar-refractivity contribution in [3.63, 3.8) is 0 Å². The van der Waals surface area contributed by atoms with Gasteiger partial charge in [0, 0.05) is 17.8 Å². The van der Waals surface area contributed by atoms with Crippen molar-refractivity contribution in [1.29, 1.82) is 0 Å². The molecule has 1 aliphatic rings. The predicted octanol–water partition coefficient (Wildman–Crippen LogP) is 0.758. The van der Waals surface area contributed by atoms with Crippen LogP contribution in [-0.4, -0.2) is 18.9 Å². The molecule has 13 heavy (non-hydrogen) atoms. The first-order valence-corrected chi connectivity index (χ1v) is 4.11. The van der Waals surface area contributed by atoms with E-state index < -0.39 is 0 Å². The number of anilines is 1. The van der Waals surface area contributed by atoms with Crippen LogP contribution in [0.2, 0.25) is 0 Å². The predicted molar refractivity (Wildman–Crippen MR) is 50.2 cm³/mol. The summed E-state index contributed by atoms with van der Waals surface area (Å²) in [6.45, 7) is 1.52. The van der Waals surface area contributed by atoms with Gasteiger partial charge in [-0.05, 0) is 18.2 Å². The van der Waals surface area contributed by atoms with Gasteiger partial charge in [-0.1, -0.05) is 0 Å². The molecule has 0 radical (unpaired) electrons. The van der Waals surface area contributed by atoms with Crippen molar-refractivity contribution >= 4 is 11.5 Å². The Balaban J connectivity index is 2.43. The number of hydrogen-bond donors (Lipinski definition) is 2. The Morgan fingerprint density at radius 1 is 1.46 bits per heavy atom. The van der Waals surface area contributed by atoms with Gasteiger partial charge in [-0.3, -0.25) is 4.99 Å². The molecule has 3 nitrogen and oxygen atoms in total. The minimum Gasteiger partial charge on any atom is -0.398 e. The van der Waals surface area contributed by atoms with Crippen LogP contribution < -0.4 is 11.1 Å². The first-order chi connectivity index (χ1) is 6.27. The van der Waals surface area contributed by atoms with E-state index in [2.05, 4.69) is 10.3 Å². The molecule has 1 aromatic rings. The summed E-state index contributed by atoms with van der Waals surface area (Å²) in [5.41, 5.74) is 6.88. The number of benzene rings is 1. The van der Waals surface area contributed by atoms with Crippen molar-refractivity contribution in [1.82, 2.24) is 5.32 Å². The van der Waals surface area contributed by atoms with E-state index in [-0.39, 0.29) is 5.82 Å². The third-order valence-electron chi connectivity index (χ3n) is 1.94. The van der Waals surface area contributed by atoms with E-state index in [0.717, 1.165) is 13.1 Å². The number of rotatable bonds is 1. The van der Waals surface area contributed by atoms with E-state index in [0.29, 0.717) is 17.1 Å². The van der Waals surface area contributed by atoms with Crippen LogP contribution in [0.15, 0.2) is 23.2 Å². The molecule has 0 saturated carbocycles. The maximum absolute atomic E-state index is 12.9. The lowest BCUT2D eigenvalue weighted by atomic mass is 10.1. The second-order valence-corrected chi connectivity index (χ2v) is 2.89. The van der Waals surface area contributed by atoms with E-state index in [9.17, 15) is 4.39 Å². The molecule has 68 valence electrons. The molecule has 0 spiro atoms. The third kappa shape index (κ3) is 1.47. The molecule has 0 saturated heterocycles. The Morgan fingerprint density at radius 2 is 2.31 bits per heavy atom. The first kappa shape index (κ1) is 8.04. The number of halogens is 1. The number of hydrogen-bond acceptors (Lipinski definition) is 3. The summed E-state index contributed by atoms with van der Waals surface area (Å²) >= 11 is 0. The van der Waals surface area contributed by atoms with Crippen molar-refractivity contribution in [3.8, 4) is 0 Å². The zero-order valence-corrected chi connectivity index (χ0v) is 7.05. The largest absolute Gasteiger partial charge is 0.398 e. The second kappa shape index (κ2) is 3.05.